The number of hydrogen-bond acceptors (Lipinski definition) is 3. The van der Waals surface area contributed by atoms with Crippen LogP contribution < -0.4 is 5.32 Å². The summed E-state index contributed by atoms with van der Waals surface area (Å²) in [4.78, 5) is 37.1. The molecular weight excluding hydrogens is 232 g/mol. The van der Waals surface area contributed by atoms with Gasteiger partial charge in [0.05, 0.1) is 0 Å². The summed E-state index contributed by atoms with van der Waals surface area (Å²) in [5.41, 5.74) is 0. The molecule has 1 saturated heterocycles. The molecule has 0 spiro atoms. The SMILES string of the molecule is CCC1C(=O)NC(=O)CN1C(=O)C1CCCC1C. The van der Waals surface area contributed by atoms with E-state index in [1.165, 1.54) is 4.90 Å². The van der Waals surface area contributed by atoms with Crippen LogP contribution in [0.1, 0.15) is 39.5 Å². The van der Waals surface area contributed by atoms with Gasteiger partial charge in [0.2, 0.25) is 17.7 Å². The molecule has 5 nitrogen and oxygen atoms in total. The molecule has 5 heteroatoms. The van der Waals surface area contributed by atoms with Gasteiger partial charge in [-0.25, -0.2) is 0 Å². The zero-order valence-electron chi connectivity index (χ0n) is 10.9. The van der Waals surface area contributed by atoms with Gasteiger partial charge in [0.1, 0.15) is 12.6 Å². The standard InChI is InChI=1S/C13H20N2O3/c1-3-10-12(17)14-11(16)7-15(10)13(18)9-6-4-5-8(9)2/h8-10H,3-7H2,1-2H3,(H,14,16,17). The first kappa shape index (κ1) is 13.1. The number of piperazine rings is 1. The largest absolute Gasteiger partial charge is 0.321 e. The molecule has 2 rings (SSSR count). The first-order valence-electron chi connectivity index (χ1n) is 6.68. The zero-order chi connectivity index (χ0) is 13.3. The van der Waals surface area contributed by atoms with Gasteiger partial charge in [-0.1, -0.05) is 20.3 Å². The van der Waals surface area contributed by atoms with Crippen molar-refractivity contribution in [2.24, 2.45) is 11.8 Å². The van der Waals surface area contributed by atoms with Crippen LogP contribution in [0.15, 0.2) is 0 Å². The highest BCUT2D eigenvalue weighted by Gasteiger charge is 2.40. The number of carbonyl (C=O) groups excluding carboxylic acids is 3. The van der Waals surface area contributed by atoms with E-state index in [0.29, 0.717) is 12.3 Å². The number of nitrogens with zero attached hydrogens (tertiary/aromatic N) is 1. The predicted octanol–water partition coefficient (Wildman–Crippen LogP) is 0.686. The maximum absolute atomic E-state index is 12.5. The minimum absolute atomic E-state index is 0.0160. The van der Waals surface area contributed by atoms with E-state index in [1.54, 1.807) is 0 Å². The van der Waals surface area contributed by atoms with Crippen molar-refractivity contribution in [3.63, 3.8) is 0 Å². The summed E-state index contributed by atoms with van der Waals surface area (Å²) in [6.07, 6.45) is 3.54. The number of amides is 3. The van der Waals surface area contributed by atoms with E-state index in [9.17, 15) is 14.4 Å². The molecule has 1 aliphatic heterocycles. The highest BCUT2D eigenvalue weighted by Crippen LogP contribution is 2.33. The lowest BCUT2D eigenvalue weighted by molar-refractivity contribution is -0.152. The summed E-state index contributed by atoms with van der Waals surface area (Å²) in [7, 11) is 0. The van der Waals surface area contributed by atoms with Crippen molar-refractivity contribution in [2.45, 2.75) is 45.6 Å². The molecule has 3 unspecified atom stereocenters. The van der Waals surface area contributed by atoms with Gasteiger partial charge in [-0.2, -0.15) is 0 Å². The third kappa shape index (κ3) is 2.26. The monoisotopic (exact) mass is 252 g/mol. The van der Waals surface area contributed by atoms with Crippen LogP contribution in [0, 0.1) is 11.8 Å². The van der Waals surface area contributed by atoms with Crippen molar-refractivity contribution >= 4 is 17.7 Å². The Morgan fingerprint density at radius 1 is 1.39 bits per heavy atom. The van der Waals surface area contributed by atoms with Crippen LogP contribution in [-0.2, 0) is 14.4 Å². The molecule has 0 aromatic carbocycles. The Kier molecular flexibility index (Phi) is 3.68. The lowest BCUT2D eigenvalue weighted by Crippen LogP contribution is -2.60. The van der Waals surface area contributed by atoms with E-state index in [1.807, 2.05) is 6.92 Å². The Bertz CT molecular complexity index is 380. The van der Waals surface area contributed by atoms with Crippen molar-refractivity contribution in [2.75, 3.05) is 6.54 Å². The summed E-state index contributed by atoms with van der Waals surface area (Å²) < 4.78 is 0. The van der Waals surface area contributed by atoms with Crippen LogP contribution in [0.4, 0.5) is 0 Å². The summed E-state index contributed by atoms with van der Waals surface area (Å²) in [5.74, 6) is -0.389. The molecule has 18 heavy (non-hydrogen) atoms. The molecule has 1 saturated carbocycles. The topological polar surface area (TPSA) is 66.5 Å². The number of carbonyl (C=O) groups is 3. The highest BCUT2D eigenvalue weighted by molar-refractivity contribution is 6.04. The summed E-state index contributed by atoms with van der Waals surface area (Å²) in [6.45, 7) is 3.95. The fraction of sp³-hybridized carbons (Fsp3) is 0.769. The number of rotatable bonds is 2. The summed E-state index contributed by atoms with van der Waals surface area (Å²) in [5, 5.41) is 2.30. The predicted molar refractivity (Wildman–Crippen MR) is 65.4 cm³/mol. The van der Waals surface area contributed by atoms with E-state index in [0.717, 1.165) is 19.3 Å². The van der Waals surface area contributed by atoms with Crippen molar-refractivity contribution in [3.05, 3.63) is 0 Å². The van der Waals surface area contributed by atoms with Gasteiger partial charge in [-0.15, -0.1) is 0 Å². The van der Waals surface area contributed by atoms with Gasteiger partial charge < -0.3 is 4.90 Å². The average molecular weight is 252 g/mol. The van der Waals surface area contributed by atoms with Gasteiger partial charge in [-0.3, -0.25) is 19.7 Å². The first-order chi connectivity index (χ1) is 8.54. The Labute approximate surface area is 107 Å². The van der Waals surface area contributed by atoms with Crippen LogP contribution in [-0.4, -0.2) is 35.2 Å². The van der Waals surface area contributed by atoms with E-state index in [-0.39, 0.29) is 30.2 Å². The maximum Gasteiger partial charge on any atom is 0.249 e. The zero-order valence-corrected chi connectivity index (χ0v) is 10.9. The maximum atomic E-state index is 12.5. The van der Waals surface area contributed by atoms with Crippen LogP contribution in [0.3, 0.4) is 0 Å². The summed E-state index contributed by atoms with van der Waals surface area (Å²) >= 11 is 0. The number of imide groups is 1. The van der Waals surface area contributed by atoms with E-state index >= 15 is 0 Å². The summed E-state index contributed by atoms with van der Waals surface area (Å²) in [6, 6.07) is -0.483. The minimum Gasteiger partial charge on any atom is -0.321 e. The molecule has 3 amide bonds. The van der Waals surface area contributed by atoms with Gasteiger partial charge >= 0.3 is 0 Å². The molecule has 2 aliphatic rings. The molecule has 2 fully saturated rings. The third-order valence-electron chi connectivity index (χ3n) is 4.10. The molecule has 0 aromatic heterocycles. The van der Waals surface area contributed by atoms with E-state index in [4.69, 9.17) is 0 Å². The van der Waals surface area contributed by atoms with Crippen molar-refractivity contribution < 1.29 is 14.4 Å². The quantitative estimate of drug-likeness (QED) is 0.735. The third-order valence-corrected chi connectivity index (χ3v) is 4.10. The fourth-order valence-corrected chi connectivity index (χ4v) is 3.03. The van der Waals surface area contributed by atoms with Crippen molar-refractivity contribution in [1.29, 1.82) is 0 Å². The van der Waals surface area contributed by atoms with Crippen LogP contribution in [0.2, 0.25) is 0 Å². The van der Waals surface area contributed by atoms with Crippen LogP contribution in [0.25, 0.3) is 0 Å². The number of hydrogen-bond donors (Lipinski definition) is 1. The van der Waals surface area contributed by atoms with Gasteiger partial charge in [0.25, 0.3) is 0 Å². The molecule has 3 atom stereocenters. The molecule has 0 radical (unpaired) electrons. The van der Waals surface area contributed by atoms with Gasteiger partial charge in [0, 0.05) is 5.92 Å². The Morgan fingerprint density at radius 2 is 2.11 bits per heavy atom. The normalized spacial score (nSPS) is 32.6. The van der Waals surface area contributed by atoms with E-state index in [2.05, 4.69) is 12.2 Å². The highest BCUT2D eigenvalue weighted by atomic mass is 16.2. The second kappa shape index (κ2) is 5.08. The minimum atomic E-state index is -0.483. The molecule has 1 heterocycles. The van der Waals surface area contributed by atoms with Crippen molar-refractivity contribution in [3.8, 4) is 0 Å². The Balaban J connectivity index is 2.15. The second-order valence-corrected chi connectivity index (χ2v) is 5.32. The van der Waals surface area contributed by atoms with E-state index < -0.39 is 6.04 Å². The molecule has 0 aromatic rings. The molecule has 100 valence electrons. The Hall–Kier alpha value is -1.39. The smallest absolute Gasteiger partial charge is 0.249 e. The van der Waals surface area contributed by atoms with Gasteiger partial charge in [0.15, 0.2) is 0 Å². The second-order valence-electron chi connectivity index (χ2n) is 5.32. The lowest BCUT2D eigenvalue weighted by Gasteiger charge is -2.35. The van der Waals surface area contributed by atoms with Crippen molar-refractivity contribution in [1.82, 2.24) is 10.2 Å². The van der Waals surface area contributed by atoms with Gasteiger partial charge in [-0.05, 0) is 25.2 Å². The number of nitrogens with one attached hydrogen (secondary N) is 1. The molecule has 1 N–H and O–H groups in total. The molecule has 1 aliphatic carbocycles. The molecular formula is C13H20N2O3. The average Bonchev–Trinajstić information content (AvgIpc) is 2.73. The Morgan fingerprint density at radius 3 is 2.67 bits per heavy atom. The van der Waals surface area contributed by atoms with Crippen LogP contribution >= 0.6 is 0 Å². The fourth-order valence-electron chi connectivity index (χ4n) is 3.03. The van der Waals surface area contributed by atoms with Crippen LogP contribution in [0.5, 0.6) is 0 Å². The lowest BCUT2D eigenvalue weighted by atomic mass is 9.95. The molecule has 0 bridgehead atoms. The first-order valence-corrected chi connectivity index (χ1v) is 6.68.